The third-order valence-corrected chi connectivity index (χ3v) is 4.36. The Morgan fingerprint density at radius 3 is 2.07 bits per heavy atom. The van der Waals surface area contributed by atoms with Gasteiger partial charge < -0.3 is 15.4 Å². The number of hydrogen-bond acceptors (Lipinski definition) is 3. The van der Waals surface area contributed by atoms with Gasteiger partial charge in [-0.1, -0.05) is 42.5 Å². The van der Waals surface area contributed by atoms with E-state index in [1.807, 2.05) is 61.5 Å². The summed E-state index contributed by atoms with van der Waals surface area (Å²) < 4.78 is 5.43. The van der Waals surface area contributed by atoms with Crippen LogP contribution < -0.4 is 15.4 Å². The van der Waals surface area contributed by atoms with Crippen molar-refractivity contribution in [3.05, 3.63) is 90.0 Å². The number of anilines is 2. The molecule has 3 rings (SSSR count). The zero-order chi connectivity index (χ0) is 20.5. The number of rotatable bonds is 8. The lowest BCUT2D eigenvalue weighted by Crippen LogP contribution is -2.17. The molecule has 2 N–H and O–H groups in total. The summed E-state index contributed by atoms with van der Waals surface area (Å²) in [7, 11) is 0. The molecule has 0 aromatic heterocycles. The summed E-state index contributed by atoms with van der Waals surface area (Å²) in [5.41, 5.74) is 2.77. The number of amides is 2. The van der Waals surface area contributed by atoms with Crippen molar-refractivity contribution in [1.29, 1.82) is 0 Å². The molecule has 5 nitrogen and oxygen atoms in total. The van der Waals surface area contributed by atoms with Crippen LogP contribution in [0.15, 0.2) is 78.9 Å². The second-order valence-corrected chi connectivity index (χ2v) is 6.49. The van der Waals surface area contributed by atoms with Crippen LogP contribution in [0.25, 0.3) is 0 Å². The molecule has 0 radical (unpaired) electrons. The number of nitrogens with one attached hydrogen (secondary N) is 2. The Hall–Kier alpha value is -3.60. The van der Waals surface area contributed by atoms with E-state index in [0.29, 0.717) is 36.4 Å². The Kier molecular flexibility index (Phi) is 7.00. The molecule has 0 spiro atoms. The molecule has 0 heterocycles. The van der Waals surface area contributed by atoms with Crippen molar-refractivity contribution in [1.82, 2.24) is 0 Å². The largest absolute Gasteiger partial charge is 0.494 e. The van der Waals surface area contributed by atoms with Gasteiger partial charge in [-0.15, -0.1) is 0 Å². The molecule has 0 saturated heterocycles. The van der Waals surface area contributed by atoms with Crippen molar-refractivity contribution < 1.29 is 14.3 Å². The fourth-order valence-corrected chi connectivity index (χ4v) is 2.87. The average Bonchev–Trinajstić information content (AvgIpc) is 2.75. The zero-order valence-electron chi connectivity index (χ0n) is 16.4. The van der Waals surface area contributed by atoms with Crippen LogP contribution >= 0.6 is 0 Å². The molecule has 0 aliphatic rings. The fourth-order valence-electron chi connectivity index (χ4n) is 2.87. The number of benzene rings is 3. The van der Waals surface area contributed by atoms with Crippen molar-refractivity contribution in [3.8, 4) is 5.75 Å². The maximum atomic E-state index is 12.4. The lowest BCUT2D eigenvalue weighted by atomic mass is 10.1. The smallest absolute Gasteiger partial charge is 0.255 e. The molecule has 0 atom stereocenters. The Labute approximate surface area is 170 Å². The molecule has 0 aliphatic carbocycles. The molecule has 3 aromatic rings. The molecular weight excluding hydrogens is 364 g/mol. The van der Waals surface area contributed by atoms with Crippen LogP contribution in [-0.4, -0.2) is 18.4 Å². The van der Waals surface area contributed by atoms with Gasteiger partial charge in [-0.05, 0) is 55.3 Å². The molecule has 29 heavy (non-hydrogen) atoms. The van der Waals surface area contributed by atoms with E-state index in [1.165, 1.54) is 0 Å². The quantitative estimate of drug-likeness (QED) is 0.576. The van der Waals surface area contributed by atoms with Gasteiger partial charge in [-0.3, -0.25) is 9.59 Å². The molecule has 0 unspecified atom stereocenters. The highest BCUT2D eigenvalue weighted by molar-refractivity contribution is 6.07. The number of ether oxygens (including phenoxy) is 1. The molecule has 0 saturated carbocycles. The van der Waals surface area contributed by atoms with Gasteiger partial charge in [0.2, 0.25) is 5.91 Å². The van der Waals surface area contributed by atoms with Crippen LogP contribution in [-0.2, 0) is 11.2 Å². The molecular formula is C24H24N2O3. The minimum absolute atomic E-state index is 0.111. The van der Waals surface area contributed by atoms with E-state index in [4.69, 9.17) is 4.74 Å². The van der Waals surface area contributed by atoms with Crippen LogP contribution in [0, 0.1) is 0 Å². The normalized spacial score (nSPS) is 10.2. The number of carbonyl (C=O) groups is 2. The van der Waals surface area contributed by atoms with Crippen LogP contribution in [0.2, 0.25) is 0 Å². The zero-order valence-corrected chi connectivity index (χ0v) is 16.4. The lowest BCUT2D eigenvalue weighted by molar-refractivity contribution is -0.116. The molecule has 3 aromatic carbocycles. The number of carbonyl (C=O) groups excluding carboxylic acids is 2. The predicted molar refractivity (Wildman–Crippen MR) is 115 cm³/mol. The third kappa shape index (κ3) is 5.94. The summed E-state index contributed by atoms with van der Waals surface area (Å²) in [6, 6.07) is 23.9. The Morgan fingerprint density at radius 1 is 0.793 bits per heavy atom. The summed E-state index contributed by atoms with van der Waals surface area (Å²) >= 11 is 0. The van der Waals surface area contributed by atoms with Crippen molar-refractivity contribution >= 4 is 23.2 Å². The first-order valence-corrected chi connectivity index (χ1v) is 9.62. The maximum Gasteiger partial charge on any atom is 0.255 e. The lowest BCUT2D eigenvalue weighted by Gasteiger charge is -2.12. The summed E-state index contributed by atoms with van der Waals surface area (Å²) in [6.45, 7) is 2.57. The third-order valence-electron chi connectivity index (χ3n) is 4.36. The first-order valence-electron chi connectivity index (χ1n) is 9.62. The molecule has 0 fully saturated rings. The Balaban J connectivity index is 1.58. The van der Waals surface area contributed by atoms with Crippen LogP contribution in [0.5, 0.6) is 5.75 Å². The van der Waals surface area contributed by atoms with Gasteiger partial charge >= 0.3 is 0 Å². The van der Waals surface area contributed by atoms with Crippen LogP contribution in [0.1, 0.15) is 29.3 Å². The fraction of sp³-hybridized carbons (Fsp3) is 0.167. The highest BCUT2D eigenvalue weighted by Gasteiger charge is 2.11. The molecule has 0 bridgehead atoms. The standard InChI is InChI=1S/C24H24N2O3/c1-2-29-20-15-12-18(13-16-20)14-17-23(27)25-21-10-6-7-11-22(21)26-24(28)19-8-4-3-5-9-19/h3-13,15-16H,2,14,17H2,1H3,(H,25,27)(H,26,28). The van der Waals surface area contributed by atoms with Gasteiger partial charge in [0, 0.05) is 12.0 Å². The van der Waals surface area contributed by atoms with Crippen molar-refractivity contribution in [2.45, 2.75) is 19.8 Å². The molecule has 5 heteroatoms. The Morgan fingerprint density at radius 2 is 1.41 bits per heavy atom. The van der Waals surface area contributed by atoms with E-state index < -0.39 is 0 Å². The van der Waals surface area contributed by atoms with Crippen molar-refractivity contribution in [2.75, 3.05) is 17.2 Å². The second kappa shape index (κ2) is 10.1. The van der Waals surface area contributed by atoms with E-state index in [9.17, 15) is 9.59 Å². The molecule has 148 valence electrons. The number of aryl methyl sites for hydroxylation is 1. The summed E-state index contributed by atoms with van der Waals surface area (Å²) in [4.78, 5) is 24.8. The summed E-state index contributed by atoms with van der Waals surface area (Å²) in [5, 5.41) is 5.75. The van der Waals surface area contributed by atoms with Gasteiger partial charge in [0.05, 0.1) is 18.0 Å². The first kappa shape index (κ1) is 20.1. The van der Waals surface area contributed by atoms with Gasteiger partial charge in [-0.2, -0.15) is 0 Å². The van der Waals surface area contributed by atoms with Gasteiger partial charge in [0.15, 0.2) is 0 Å². The van der Waals surface area contributed by atoms with E-state index in [1.54, 1.807) is 24.3 Å². The number of para-hydroxylation sites is 2. The van der Waals surface area contributed by atoms with Gasteiger partial charge in [0.25, 0.3) is 5.91 Å². The summed E-state index contributed by atoms with van der Waals surface area (Å²) in [6.07, 6.45) is 0.964. The van der Waals surface area contributed by atoms with Crippen molar-refractivity contribution in [2.24, 2.45) is 0 Å². The average molecular weight is 388 g/mol. The van der Waals surface area contributed by atoms with E-state index in [2.05, 4.69) is 10.6 Å². The van der Waals surface area contributed by atoms with Crippen LogP contribution in [0.4, 0.5) is 11.4 Å². The van der Waals surface area contributed by atoms with Crippen molar-refractivity contribution in [3.63, 3.8) is 0 Å². The highest BCUT2D eigenvalue weighted by atomic mass is 16.5. The maximum absolute atomic E-state index is 12.4. The topological polar surface area (TPSA) is 67.4 Å². The van der Waals surface area contributed by atoms with E-state index in [-0.39, 0.29) is 11.8 Å². The minimum Gasteiger partial charge on any atom is -0.494 e. The van der Waals surface area contributed by atoms with E-state index >= 15 is 0 Å². The first-order chi connectivity index (χ1) is 14.2. The summed E-state index contributed by atoms with van der Waals surface area (Å²) in [5.74, 6) is 0.491. The van der Waals surface area contributed by atoms with E-state index in [0.717, 1.165) is 11.3 Å². The predicted octanol–water partition coefficient (Wildman–Crippen LogP) is 4.91. The second-order valence-electron chi connectivity index (χ2n) is 6.49. The highest BCUT2D eigenvalue weighted by Crippen LogP contribution is 2.22. The monoisotopic (exact) mass is 388 g/mol. The van der Waals surface area contributed by atoms with Gasteiger partial charge in [0.1, 0.15) is 5.75 Å². The number of hydrogen-bond donors (Lipinski definition) is 2. The Bertz CT molecular complexity index is 953. The molecule has 0 aliphatic heterocycles. The van der Waals surface area contributed by atoms with Gasteiger partial charge in [-0.25, -0.2) is 0 Å². The molecule has 2 amide bonds. The van der Waals surface area contributed by atoms with Crippen LogP contribution in [0.3, 0.4) is 0 Å². The SMILES string of the molecule is CCOc1ccc(CCC(=O)Nc2ccccc2NC(=O)c2ccccc2)cc1. The minimum atomic E-state index is -0.221.